The van der Waals surface area contributed by atoms with Crippen molar-refractivity contribution in [3.63, 3.8) is 0 Å². The molecule has 104 valence electrons. The van der Waals surface area contributed by atoms with E-state index in [0.29, 0.717) is 5.69 Å². The first-order chi connectivity index (χ1) is 9.11. The lowest BCUT2D eigenvalue weighted by molar-refractivity contribution is 0.0934. The molecule has 1 aromatic rings. The molecule has 0 saturated carbocycles. The van der Waals surface area contributed by atoms with Gasteiger partial charge in [-0.25, -0.2) is 0 Å². The zero-order valence-electron chi connectivity index (χ0n) is 12.1. The summed E-state index contributed by atoms with van der Waals surface area (Å²) in [5.74, 6) is 0.119. The highest BCUT2D eigenvalue weighted by Crippen LogP contribution is 2.16. The summed E-state index contributed by atoms with van der Waals surface area (Å²) in [5, 5.41) is 0. The number of carbonyl (C=O) groups is 1. The normalized spacial score (nSPS) is 16.9. The maximum Gasteiger partial charge on any atom is 0.183 e. The molecule has 4 nitrogen and oxygen atoms in total. The Morgan fingerprint density at radius 3 is 2.42 bits per heavy atom. The number of pyridine rings is 1. The Morgan fingerprint density at radius 2 is 1.95 bits per heavy atom. The third-order valence-corrected chi connectivity index (χ3v) is 3.71. The predicted molar refractivity (Wildman–Crippen MR) is 77.7 cm³/mol. The van der Waals surface area contributed by atoms with E-state index in [1.807, 2.05) is 32.2 Å². The van der Waals surface area contributed by atoms with Crippen molar-refractivity contribution in [3.05, 3.63) is 24.0 Å². The van der Waals surface area contributed by atoms with Crippen molar-refractivity contribution in [3.8, 4) is 0 Å². The summed E-state index contributed by atoms with van der Waals surface area (Å²) in [5.41, 5.74) is 1.70. The van der Waals surface area contributed by atoms with E-state index in [-0.39, 0.29) is 11.7 Å². The summed E-state index contributed by atoms with van der Waals surface area (Å²) in [6, 6.07) is 3.87. The van der Waals surface area contributed by atoms with Crippen LogP contribution in [0.2, 0.25) is 0 Å². The lowest BCUT2D eigenvalue weighted by Gasteiger charge is -2.35. The molecule has 1 saturated heterocycles. The van der Waals surface area contributed by atoms with Crippen molar-refractivity contribution >= 4 is 11.5 Å². The van der Waals surface area contributed by atoms with Gasteiger partial charge in [-0.2, -0.15) is 0 Å². The number of aromatic nitrogens is 1. The van der Waals surface area contributed by atoms with E-state index in [9.17, 15) is 4.79 Å². The number of Topliss-reactive ketones (excluding diaryl/α,β-unsaturated/α-hetero) is 1. The van der Waals surface area contributed by atoms with Crippen LogP contribution >= 0.6 is 0 Å². The molecule has 2 rings (SSSR count). The van der Waals surface area contributed by atoms with E-state index in [4.69, 9.17) is 0 Å². The van der Waals surface area contributed by atoms with Crippen LogP contribution in [0.4, 0.5) is 5.69 Å². The van der Waals surface area contributed by atoms with E-state index in [2.05, 4.69) is 21.7 Å². The van der Waals surface area contributed by atoms with Gasteiger partial charge >= 0.3 is 0 Å². The first-order valence-corrected chi connectivity index (χ1v) is 7.09. The molecule has 1 aromatic heterocycles. The Labute approximate surface area is 115 Å². The third kappa shape index (κ3) is 3.32. The van der Waals surface area contributed by atoms with Gasteiger partial charge in [0.25, 0.3) is 0 Å². The molecule has 4 heteroatoms. The monoisotopic (exact) mass is 261 g/mol. The van der Waals surface area contributed by atoms with Gasteiger partial charge in [0.1, 0.15) is 5.69 Å². The Kier molecular flexibility index (Phi) is 4.53. The molecule has 0 aromatic carbocycles. The number of hydrogen-bond donors (Lipinski definition) is 0. The van der Waals surface area contributed by atoms with Crippen LogP contribution in [0.25, 0.3) is 0 Å². The number of hydrogen-bond acceptors (Lipinski definition) is 4. The SMILES string of the molecule is CCN1CCN(c2ccc(C(=O)C(C)C)nc2)CC1. The fraction of sp³-hybridized carbons (Fsp3) is 0.600. The van der Waals surface area contributed by atoms with Gasteiger partial charge in [-0.1, -0.05) is 20.8 Å². The number of ketones is 1. The van der Waals surface area contributed by atoms with Crippen molar-refractivity contribution in [1.29, 1.82) is 0 Å². The summed E-state index contributed by atoms with van der Waals surface area (Å²) >= 11 is 0. The summed E-state index contributed by atoms with van der Waals surface area (Å²) in [4.78, 5) is 20.9. The lowest BCUT2D eigenvalue weighted by atomic mass is 10.1. The smallest absolute Gasteiger partial charge is 0.183 e. The predicted octanol–water partition coefficient (Wildman–Crippen LogP) is 2.06. The van der Waals surface area contributed by atoms with Crippen molar-refractivity contribution in [2.24, 2.45) is 5.92 Å². The fourth-order valence-corrected chi connectivity index (χ4v) is 2.34. The second kappa shape index (κ2) is 6.15. The van der Waals surface area contributed by atoms with Gasteiger partial charge in [-0.05, 0) is 18.7 Å². The summed E-state index contributed by atoms with van der Waals surface area (Å²) in [6.45, 7) is 11.4. The van der Waals surface area contributed by atoms with Crippen LogP contribution in [-0.4, -0.2) is 48.4 Å². The minimum absolute atomic E-state index is 0.00597. The summed E-state index contributed by atoms with van der Waals surface area (Å²) < 4.78 is 0. The Balaban J connectivity index is 2.01. The molecule has 1 aliphatic rings. The molecule has 19 heavy (non-hydrogen) atoms. The van der Waals surface area contributed by atoms with E-state index >= 15 is 0 Å². The number of likely N-dealkylation sites (N-methyl/N-ethyl adjacent to an activating group) is 1. The highest BCUT2D eigenvalue weighted by Gasteiger charge is 2.17. The van der Waals surface area contributed by atoms with Crippen LogP contribution in [-0.2, 0) is 0 Å². The number of nitrogens with zero attached hydrogens (tertiary/aromatic N) is 3. The second-order valence-electron chi connectivity index (χ2n) is 5.34. The molecule has 1 aliphatic heterocycles. The molecule has 0 spiro atoms. The van der Waals surface area contributed by atoms with Crippen LogP contribution in [0.1, 0.15) is 31.3 Å². The number of rotatable bonds is 4. The van der Waals surface area contributed by atoms with Gasteiger partial charge in [0.2, 0.25) is 0 Å². The van der Waals surface area contributed by atoms with Gasteiger partial charge in [0, 0.05) is 32.1 Å². The van der Waals surface area contributed by atoms with Crippen LogP contribution in [0, 0.1) is 5.92 Å². The van der Waals surface area contributed by atoms with Crippen LogP contribution in [0.15, 0.2) is 18.3 Å². The molecular formula is C15H23N3O. The molecule has 0 N–H and O–H groups in total. The standard InChI is InChI=1S/C15H23N3O/c1-4-17-7-9-18(10-8-17)13-5-6-14(16-11-13)15(19)12(2)3/h5-6,11-12H,4,7-10H2,1-3H3. The molecule has 0 unspecified atom stereocenters. The Hall–Kier alpha value is -1.42. The zero-order valence-corrected chi connectivity index (χ0v) is 12.1. The molecule has 0 amide bonds. The highest BCUT2D eigenvalue weighted by molar-refractivity contribution is 5.95. The largest absolute Gasteiger partial charge is 0.368 e. The molecule has 1 fully saturated rings. The van der Waals surface area contributed by atoms with Crippen molar-refractivity contribution in [1.82, 2.24) is 9.88 Å². The number of carbonyl (C=O) groups excluding carboxylic acids is 1. The number of anilines is 1. The topological polar surface area (TPSA) is 36.4 Å². The summed E-state index contributed by atoms with van der Waals surface area (Å²) in [6.07, 6.45) is 1.83. The first kappa shape index (κ1) is 14.0. The van der Waals surface area contributed by atoms with E-state index < -0.39 is 0 Å². The van der Waals surface area contributed by atoms with Crippen molar-refractivity contribution < 1.29 is 4.79 Å². The van der Waals surface area contributed by atoms with E-state index in [0.717, 1.165) is 38.4 Å². The van der Waals surface area contributed by atoms with E-state index in [1.54, 1.807) is 0 Å². The van der Waals surface area contributed by atoms with Gasteiger partial charge in [0.05, 0.1) is 11.9 Å². The first-order valence-electron chi connectivity index (χ1n) is 7.09. The van der Waals surface area contributed by atoms with Crippen LogP contribution in [0.3, 0.4) is 0 Å². The minimum Gasteiger partial charge on any atom is -0.368 e. The minimum atomic E-state index is 0.00597. The average Bonchev–Trinajstić information content (AvgIpc) is 2.46. The van der Waals surface area contributed by atoms with Gasteiger partial charge < -0.3 is 9.80 Å². The maximum atomic E-state index is 11.8. The summed E-state index contributed by atoms with van der Waals surface area (Å²) in [7, 11) is 0. The molecule has 0 aliphatic carbocycles. The van der Waals surface area contributed by atoms with Crippen LogP contribution in [0.5, 0.6) is 0 Å². The lowest BCUT2D eigenvalue weighted by Crippen LogP contribution is -2.46. The maximum absolute atomic E-state index is 11.8. The number of piperazine rings is 1. The van der Waals surface area contributed by atoms with Crippen molar-refractivity contribution in [2.75, 3.05) is 37.6 Å². The van der Waals surface area contributed by atoms with Gasteiger partial charge in [-0.15, -0.1) is 0 Å². The third-order valence-electron chi connectivity index (χ3n) is 3.71. The average molecular weight is 261 g/mol. The molecular weight excluding hydrogens is 238 g/mol. The molecule has 2 heterocycles. The van der Waals surface area contributed by atoms with Crippen LogP contribution < -0.4 is 4.90 Å². The van der Waals surface area contributed by atoms with Crippen molar-refractivity contribution in [2.45, 2.75) is 20.8 Å². The fourth-order valence-electron chi connectivity index (χ4n) is 2.34. The second-order valence-corrected chi connectivity index (χ2v) is 5.34. The zero-order chi connectivity index (χ0) is 13.8. The highest BCUT2D eigenvalue weighted by atomic mass is 16.1. The molecule has 0 bridgehead atoms. The van der Waals surface area contributed by atoms with Gasteiger partial charge in [-0.3, -0.25) is 9.78 Å². The van der Waals surface area contributed by atoms with Gasteiger partial charge in [0.15, 0.2) is 5.78 Å². The quantitative estimate of drug-likeness (QED) is 0.777. The Bertz CT molecular complexity index is 420. The Morgan fingerprint density at radius 1 is 1.26 bits per heavy atom. The molecule has 0 radical (unpaired) electrons. The molecule has 0 atom stereocenters. The van der Waals surface area contributed by atoms with E-state index in [1.165, 1.54) is 0 Å².